The highest BCUT2D eigenvalue weighted by Crippen LogP contribution is 2.33. The number of aryl methyl sites for hydroxylation is 1. The number of piperazine rings is 1. The summed E-state index contributed by atoms with van der Waals surface area (Å²) in [6, 6.07) is 7.42. The molecule has 9 nitrogen and oxygen atoms in total. The molecule has 0 aliphatic carbocycles. The Kier molecular flexibility index (Phi) is 6.00. The van der Waals surface area contributed by atoms with E-state index in [1.54, 1.807) is 30.1 Å². The second-order valence-electron chi connectivity index (χ2n) is 10.2. The van der Waals surface area contributed by atoms with E-state index in [1.807, 2.05) is 12.3 Å². The zero-order chi connectivity index (χ0) is 25.7. The lowest BCUT2D eigenvalue weighted by Crippen LogP contribution is -2.54. The first-order chi connectivity index (χ1) is 17.9. The maximum atomic E-state index is 14.6. The van der Waals surface area contributed by atoms with E-state index in [4.69, 9.17) is 9.72 Å². The third kappa shape index (κ3) is 4.51. The van der Waals surface area contributed by atoms with Crippen LogP contribution in [0.4, 0.5) is 15.8 Å². The number of aromatic nitrogens is 4. The van der Waals surface area contributed by atoms with Gasteiger partial charge in [0.1, 0.15) is 11.6 Å². The van der Waals surface area contributed by atoms with Crippen LogP contribution >= 0.6 is 0 Å². The Morgan fingerprint density at radius 3 is 2.76 bits per heavy atom. The van der Waals surface area contributed by atoms with Gasteiger partial charge in [-0.3, -0.25) is 9.48 Å². The van der Waals surface area contributed by atoms with Crippen LogP contribution in [0.5, 0.6) is 0 Å². The van der Waals surface area contributed by atoms with Crippen molar-refractivity contribution in [2.45, 2.75) is 44.9 Å². The van der Waals surface area contributed by atoms with Gasteiger partial charge in [-0.2, -0.15) is 5.10 Å². The molecule has 1 amide bonds. The number of fused-ring (bicyclic) bond motifs is 2. The molecule has 4 heterocycles. The van der Waals surface area contributed by atoms with Crippen molar-refractivity contribution in [3.63, 3.8) is 0 Å². The molecule has 2 aliphatic rings. The van der Waals surface area contributed by atoms with Crippen LogP contribution in [0.3, 0.4) is 0 Å². The minimum absolute atomic E-state index is 0.176. The molecule has 0 bridgehead atoms. The van der Waals surface area contributed by atoms with Gasteiger partial charge in [0.25, 0.3) is 5.91 Å². The van der Waals surface area contributed by atoms with E-state index in [2.05, 4.69) is 39.5 Å². The Bertz CT molecular complexity index is 1490. The maximum Gasteiger partial charge on any atom is 0.257 e. The minimum atomic E-state index is -0.487. The van der Waals surface area contributed by atoms with Crippen molar-refractivity contribution in [3.05, 3.63) is 53.9 Å². The first kappa shape index (κ1) is 23.7. The zero-order valence-electron chi connectivity index (χ0n) is 21.2. The molecule has 10 heteroatoms. The van der Waals surface area contributed by atoms with Gasteiger partial charge in [0.2, 0.25) is 0 Å². The van der Waals surface area contributed by atoms with Crippen molar-refractivity contribution in [2.24, 2.45) is 7.05 Å². The van der Waals surface area contributed by atoms with E-state index in [1.165, 1.54) is 6.07 Å². The maximum absolute atomic E-state index is 14.6. The summed E-state index contributed by atoms with van der Waals surface area (Å²) in [6.07, 6.45) is 5.16. The topological polar surface area (TPSA) is 97.2 Å². The van der Waals surface area contributed by atoms with Gasteiger partial charge in [0.05, 0.1) is 11.1 Å². The van der Waals surface area contributed by atoms with E-state index < -0.39 is 5.82 Å². The lowest BCUT2D eigenvalue weighted by Gasteiger charge is -2.38. The number of carbonyl (C=O) groups excluding carboxylic acids is 1. The molecular formula is C27H30FN7O2. The molecule has 0 radical (unpaired) electrons. The quantitative estimate of drug-likeness (QED) is 0.435. The van der Waals surface area contributed by atoms with Crippen LogP contribution in [0.1, 0.15) is 49.0 Å². The summed E-state index contributed by atoms with van der Waals surface area (Å²) >= 11 is 0. The molecule has 0 unspecified atom stereocenters. The number of nitrogens with one attached hydrogen (secondary N) is 2. The standard InChI is InChI=1S/C27H30FN7O2/c1-15-12-35(13-16(2)30-15)22-7-6-19(25-20(22)11-29-26(32-25)23-5-4-8-37-23)27(36)31-18-9-17-14-34(3)33-24(17)21(28)10-18/h6-7,9-11,14-16,23,30H,4-5,8,12-13H2,1-3H3,(H,31,36)/t15-,16-,23-/m1/s1. The van der Waals surface area contributed by atoms with Gasteiger partial charge in [-0.1, -0.05) is 0 Å². The van der Waals surface area contributed by atoms with Crippen molar-refractivity contribution in [3.8, 4) is 0 Å². The minimum Gasteiger partial charge on any atom is -0.370 e. The molecule has 37 heavy (non-hydrogen) atoms. The fourth-order valence-corrected chi connectivity index (χ4v) is 5.52. The predicted octanol–water partition coefficient (Wildman–Crippen LogP) is 3.95. The summed E-state index contributed by atoms with van der Waals surface area (Å²) in [5.74, 6) is -0.266. The molecule has 2 aliphatic heterocycles. The molecular weight excluding hydrogens is 473 g/mol. The summed E-state index contributed by atoms with van der Waals surface area (Å²) in [5, 5.41) is 12.0. The molecule has 2 N–H and O–H groups in total. The normalized spacial score (nSPS) is 22.2. The number of hydrogen-bond donors (Lipinski definition) is 2. The highest BCUT2D eigenvalue weighted by molar-refractivity contribution is 6.14. The Morgan fingerprint density at radius 1 is 1.19 bits per heavy atom. The number of anilines is 2. The van der Waals surface area contributed by atoms with Gasteiger partial charge in [0.15, 0.2) is 11.6 Å². The smallest absolute Gasteiger partial charge is 0.257 e. The summed E-state index contributed by atoms with van der Waals surface area (Å²) in [4.78, 5) is 25.4. The van der Waals surface area contributed by atoms with Crippen LogP contribution in [0, 0.1) is 5.82 Å². The van der Waals surface area contributed by atoms with Crippen LogP contribution in [-0.2, 0) is 11.8 Å². The Balaban J connectivity index is 1.41. The van der Waals surface area contributed by atoms with E-state index in [0.29, 0.717) is 46.7 Å². The number of carbonyl (C=O) groups is 1. The second-order valence-corrected chi connectivity index (χ2v) is 10.2. The van der Waals surface area contributed by atoms with Gasteiger partial charge >= 0.3 is 0 Å². The molecule has 0 spiro atoms. The second kappa shape index (κ2) is 9.35. The number of nitrogens with zero attached hydrogens (tertiary/aromatic N) is 5. The number of ether oxygens (including phenoxy) is 1. The number of halogens is 1. The summed E-state index contributed by atoms with van der Waals surface area (Å²) in [7, 11) is 1.73. The number of rotatable bonds is 4. The number of benzene rings is 2. The summed E-state index contributed by atoms with van der Waals surface area (Å²) in [5.41, 5.74) is 2.59. The highest BCUT2D eigenvalue weighted by atomic mass is 19.1. The first-order valence-corrected chi connectivity index (χ1v) is 12.7. The van der Waals surface area contributed by atoms with Crippen LogP contribution in [0.25, 0.3) is 21.8 Å². The average molecular weight is 504 g/mol. The largest absolute Gasteiger partial charge is 0.370 e. The van der Waals surface area contributed by atoms with Gasteiger partial charge in [0, 0.05) is 73.4 Å². The van der Waals surface area contributed by atoms with Gasteiger partial charge < -0.3 is 20.3 Å². The molecule has 192 valence electrons. The predicted molar refractivity (Wildman–Crippen MR) is 140 cm³/mol. The van der Waals surface area contributed by atoms with E-state index in [0.717, 1.165) is 37.0 Å². The lowest BCUT2D eigenvalue weighted by molar-refractivity contribution is 0.102. The first-order valence-electron chi connectivity index (χ1n) is 12.7. The van der Waals surface area contributed by atoms with Crippen molar-refractivity contribution in [1.29, 1.82) is 0 Å². The average Bonchev–Trinajstić information content (AvgIpc) is 3.52. The van der Waals surface area contributed by atoms with Crippen molar-refractivity contribution in [2.75, 3.05) is 29.9 Å². The molecule has 2 fully saturated rings. The summed E-state index contributed by atoms with van der Waals surface area (Å²) < 4.78 is 22.0. The SMILES string of the molecule is C[C@@H]1CN(c2ccc(C(=O)Nc3cc(F)c4nn(C)cc4c3)c3nc([C@H]4CCCO4)ncc23)C[C@@H](C)N1. The highest BCUT2D eigenvalue weighted by Gasteiger charge is 2.26. The number of amides is 1. The lowest BCUT2D eigenvalue weighted by atomic mass is 10.0. The van der Waals surface area contributed by atoms with Gasteiger partial charge in [-0.05, 0) is 51.0 Å². The van der Waals surface area contributed by atoms with Crippen LogP contribution in [-0.4, -0.2) is 57.4 Å². The monoisotopic (exact) mass is 503 g/mol. The molecule has 6 rings (SSSR count). The Morgan fingerprint density at radius 2 is 2.00 bits per heavy atom. The third-order valence-corrected chi connectivity index (χ3v) is 7.04. The van der Waals surface area contributed by atoms with E-state index in [-0.39, 0.29) is 17.5 Å². The molecule has 3 atom stereocenters. The molecule has 2 aromatic carbocycles. The van der Waals surface area contributed by atoms with Gasteiger partial charge in [-0.15, -0.1) is 0 Å². The van der Waals surface area contributed by atoms with Crippen molar-refractivity contribution < 1.29 is 13.9 Å². The number of hydrogen-bond acceptors (Lipinski definition) is 7. The fourth-order valence-electron chi connectivity index (χ4n) is 5.52. The van der Waals surface area contributed by atoms with E-state index in [9.17, 15) is 9.18 Å². The van der Waals surface area contributed by atoms with Crippen LogP contribution in [0.2, 0.25) is 0 Å². The van der Waals surface area contributed by atoms with Gasteiger partial charge in [-0.25, -0.2) is 14.4 Å². The fraction of sp³-hybridized carbons (Fsp3) is 0.407. The van der Waals surface area contributed by atoms with Crippen molar-refractivity contribution >= 4 is 39.1 Å². The molecule has 0 saturated carbocycles. The van der Waals surface area contributed by atoms with Crippen LogP contribution in [0.15, 0.2) is 36.7 Å². The zero-order valence-corrected chi connectivity index (χ0v) is 21.2. The van der Waals surface area contributed by atoms with Crippen LogP contribution < -0.4 is 15.5 Å². The molecule has 2 aromatic heterocycles. The molecule has 4 aromatic rings. The summed E-state index contributed by atoms with van der Waals surface area (Å²) in [6.45, 7) is 6.68. The Labute approximate surface area is 214 Å². The van der Waals surface area contributed by atoms with E-state index >= 15 is 0 Å². The third-order valence-electron chi connectivity index (χ3n) is 7.04. The molecule has 2 saturated heterocycles. The van der Waals surface area contributed by atoms with Crippen molar-refractivity contribution in [1.82, 2.24) is 25.1 Å². The Hall–Kier alpha value is -3.63.